The van der Waals surface area contributed by atoms with Crippen molar-refractivity contribution in [2.45, 2.75) is 19.9 Å². The Morgan fingerprint density at radius 3 is 3.00 bits per heavy atom. The van der Waals surface area contributed by atoms with Gasteiger partial charge in [-0.15, -0.1) is 0 Å². The first-order valence-corrected chi connectivity index (χ1v) is 8.56. The van der Waals surface area contributed by atoms with Crippen LogP contribution in [0.2, 0.25) is 0 Å². The van der Waals surface area contributed by atoms with Gasteiger partial charge in [-0.3, -0.25) is 10.1 Å². The minimum Gasteiger partial charge on any atom is -0.497 e. The number of hydrogen-bond acceptors (Lipinski definition) is 5. The number of nitrogens with one attached hydrogen (secondary N) is 3. The normalized spacial score (nSPS) is 24.1. The molecule has 6 heteroatoms. The molecule has 25 heavy (non-hydrogen) atoms. The molecule has 130 valence electrons. The fourth-order valence-corrected chi connectivity index (χ4v) is 3.64. The number of hydrogen-bond donors (Lipinski definition) is 3. The van der Waals surface area contributed by atoms with E-state index in [1.54, 1.807) is 7.11 Å². The maximum absolute atomic E-state index is 5.50. The second-order valence-electron chi connectivity index (χ2n) is 6.63. The van der Waals surface area contributed by atoms with E-state index in [4.69, 9.17) is 9.73 Å². The summed E-state index contributed by atoms with van der Waals surface area (Å²) in [5.74, 6) is 1.02. The molecule has 3 aliphatic rings. The van der Waals surface area contributed by atoms with Gasteiger partial charge in [0.2, 0.25) is 0 Å². The molecule has 0 fully saturated rings. The molecule has 2 unspecified atom stereocenters. The van der Waals surface area contributed by atoms with Crippen LogP contribution in [-0.4, -0.2) is 36.4 Å². The van der Waals surface area contributed by atoms with E-state index in [0.29, 0.717) is 0 Å². The lowest BCUT2D eigenvalue weighted by Crippen LogP contribution is -2.45. The number of nitrogens with zero attached hydrogens (tertiary/aromatic N) is 2. The van der Waals surface area contributed by atoms with E-state index in [2.05, 4.69) is 46.0 Å². The minimum absolute atomic E-state index is 0.0760. The van der Waals surface area contributed by atoms with Crippen molar-refractivity contribution in [3.8, 4) is 0 Å². The Morgan fingerprint density at radius 2 is 2.24 bits per heavy atom. The average molecular weight is 337 g/mol. The number of aromatic amines is 1. The van der Waals surface area contributed by atoms with Crippen molar-refractivity contribution in [3.05, 3.63) is 63.8 Å². The highest BCUT2D eigenvalue weighted by Gasteiger charge is 2.32. The molecule has 0 saturated heterocycles. The largest absolute Gasteiger partial charge is 0.497 e. The summed E-state index contributed by atoms with van der Waals surface area (Å²) in [7, 11) is 1.71. The van der Waals surface area contributed by atoms with E-state index in [9.17, 15) is 0 Å². The summed E-state index contributed by atoms with van der Waals surface area (Å²) in [6, 6.07) is 0.0760. The van der Waals surface area contributed by atoms with E-state index >= 15 is 0 Å². The standard InChI is InChI=1S/C19H23N5O/c1-11-7-14(25-3)8-15-17(11)22-19-16(12(2)23-24-19)18(15)21-10-13-5-4-6-20-9-13/h4-8,15,17,20-21H,9-10H2,1-3H3,(H,22,24). The van der Waals surface area contributed by atoms with E-state index in [1.165, 1.54) is 16.8 Å². The van der Waals surface area contributed by atoms with Gasteiger partial charge in [0.05, 0.1) is 24.1 Å². The Labute approximate surface area is 146 Å². The fourth-order valence-electron chi connectivity index (χ4n) is 3.64. The predicted molar refractivity (Wildman–Crippen MR) is 96.9 cm³/mol. The number of dihydropyridines is 1. The second kappa shape index (κ2) is 6.27. The second-order valence-corrected chi connectivity index (χ2v) is 6.63. The SMILES string of the molecule is COC1=CC2C(NCC3=CC=CNC3)=c3c(C)n[nH]c3=NC2C(C)=C1. The molecular weight excluding hydrogens is 314 g/mol. The number of H-pyrrole nitrogens is 1. The van der Waals surface area contributed by atoms with Gasteiger partial charge in [0.1, 0.15) is 5.76 Å². The number of allylic oxidation sites excluding steroid dienone is 3. The van der Waals surface area contributed by atoms with Crippen molar-refractivity contribution >= 4 is 5.70 Å². The van der Waals surface area contributed by atoms with Crippen molar-refractivity contribution in [1.29, 1.82) is 0 Å². The van der Waals surface area contributed by atoms with Crippen LogP contribution in [-0.2, 0) is 4.74 Å². The minimum atomic E-state index is 0.0760. The van der Waals surface area contributed by atoms with E-state index < -0.39 is 0 Å². The summed E-state index contributed by atoms with van der Waals surface area (Å²) in [6.45, 7) is 5.78. The van der Waals surface area contributed by atoms with Crippen molar-refractivity contribution < 1.29 is 4.74 Å². The molecule has 6 nitrogen and oxygen atoms in total. The van der Waals surface area contributed by atoms with E-state index in [0.717, 1.165) is 35.2 Å². The molecule has 1 aliphatic carbocycles. The topological polar surface area (TPSA) is 74.3 Å². The fraction of sp³-hybridized carbons (Fsp3) is 0.368. The average Bonchev–Trinajstić information content (AvgIpc) is 3.01. The molecular formula is C19H23N5O. The summed E-state index contributed by atoms with van der Waals surface area (Å²) >= 11 is 0. The van der Waals surface area contributed by atoms with Crippen LogP contribution in [0.4, 0.5) is 0 Å². The van der Waals surface area contributed by atoms with E-state index in [1.807, 2.05) is 19.2 Å². The molecule has 0 radical (unpaired) electrons. The van der Waals surface area contributed by atoms with E-state index in [-0.39, 0.29) is 12.0 Å². The maximum Gasteiger partial charge on any atom is 0.153 e. The lowest BCUT2D eigenvalue weighted by atomic mass is 9.84. The van der Waals surface area contributed by atoms with Crippen LogP contribution in [0.3, 0.4) is 0 Å². The number of aryl methyl sites for hydroxylation is 1. The summed E-state index contributed by atoms with van der Waals surface area (Å²) in [4.78, 5) is 4.90. The van der Waals surface area contributed by atoms with Crippen LogP contribution < -0.4 is 21.3 Å². The Bertz CT molecular complexity index is 932. The molecule has 4 rings (SSSR count). The molecule has 3 N–H and O–H groups in total. The number of aromatic nitrogens is 2. The Kier molecular flexibility index (Phi) is 3.95. The third kappa shape index (κ3) is 2.77. The summed E-state index contributed by atoms with van der Waals surface area (Å²) < 4.78 is 5.50. The van der Waals surface area contributed by atoms with Gasteiger partial charge < -0.3 is 15.4 Å². The maximum atomic E-state index is 5.50. The zero-order chi connectivity index (χ0) is 17.4. The smallest absolute Gasteiger partial charge is 0.153 e. The zero-order valence-corrected chi connectivity index (χ0v) is 14.8. The number of methoxy groups -OCH3 is 1. The summed E-state index contributed by atoms with van der Waals surface area (Å²) in [6.07, 6.45) is 10.4. The monoisotopic (exact) mass is 337 g/mol. The molecule has 0 amide bonds. The predicted octanol–water partition coefficient (Wildman–Crippen LogP) is 0.567. The number of fused-ring (bicyclic) bond motifs is 2. The molecule has 1 aromatic rings. The van der Waals surface area contributed by atoms with Gasteiger partial charge in [-0.05, 0) is 49.4 Å². The first kappa shape index (κ1) is 15.7. The third-order valence-electron chi connectivity index (χ3n) is 4.94. The number of rotatable bonds is 4. The molecule has 0 spiro atoms. The van der Waals surface area contributed by atoms with Crippen LogP contribution >= 0.6 is 0 Å². The van der Waals surface area contributed by atoms with Crippen molar-refractivity contribution in [1.82, 2.24) is 20.8 Å². The van der Waals surface area contributed by atoms with Crippen molar-refractivity contribution in [2.75, 3.05) is 20.2 Å². The summed E-state index contributed by atoms with van der Waals surface area (Å²) in [5.41, 5.74) is 5.51. The summed E-state index contributed by atoms with van der Waals surface area (Å²) in [5, 5.41) is 15.5. The lowest BCUT2D eigenvalue weighted by molar-refractivity contribution is 0.298. The Balaban J connectivity index is 1.77. The lowest BCUT2D eigenvalue weighted by Gasteiger charge is -2.31. The first-order chi connectivity index (χ1) is 12.2. The van der Waals surface area contributed by atoms with Gasteiger partial charge in [-0.2, -0.15) is 5.10 Å². The Morgan fingerprint density at radius 1 is 1.36 bits per heavy atom. The molecule has 2 atom stereocenters. The van der Waals surface area contributed by atoms with Crippen LogP contribution in [0, 0.1) is 12.8 Å². The molecule has 3 heterocycles. The highest BCUT2D eigenvalue weighted by atomic mass is 16.5. The van der Waals surface area contributed by atoms with Gasteiger partial charge >= 0.3 is 0 Å². The van der Waals surface area contributed by atoms with Gasteiger partial charge in [0.25, 0.3) is 0 Å². The van der Waals surface area contributed by atoms with Crippen LogP contribution in [0.15, 0.2) is 52.4 Å². The van der Waals surface area contributed by atoms with Crippen LogP contribution in [0.25, 0.3) is 5.70 Å². The van der Waals surface area contributed by atoms with Crippen LogP contribution in [0.1, 0.15) is 12.6 Å². The van der Waals surface area contributed by atoms with Crippen LogP contribution in [0.5, 0.6) is 0 Å². The van der Waals surface area contributed by atoms with Gasteiger partial charge in [0.15, 0.2) is 5.49 Å². The van der Waals surface area contributed by atoms with Crippen molar-refractivity contribution in [2.24, 2.45) is 10.9 Å². The van der Waals surface area contributed by atoms with Gasteiger partial charge in [-0.1, -0.05) is 6.08 Å². The quantitative estimate of drug-likeness (QED) is 0.751. The first-order valence-electron chi connectivity index (χ1n) is 8.56. The van der Waals surface area contributed by atoms with Gasteiger partial charge in [-0.25, -0.2) is 0 Å². The molecule has 0 bridgehead atoms. The molecule has 0 aromatic carbocycles. The molecule has 2 aliphatic heterocycles. The number of ether oxygens (including phenoxy) is 1. The van der Waals surface area contributed by atoms with Gasteiger partial charge in [0, 0.05) is 24.7 Å². The molecule has 0 saturated carbocycles. The van der Waals surface area contributed by atoms with Crippen molar-refractivity contribution in [3.63, 3.8) is 0 Å². The third-order valence-corrected chi connectivity index (χ3v) is 4.94. The Hall–Kier alpha value is -2.76. The molecule has 1 aromatic heterocycles. The highest BCUT2D eigenvalue weighted by molar-refractivity contribution is 5.56. The highest BCUT2D eigenvalue weighted by Crippen LogP contribution is 2.31. The zero-order valence-electron chi connectivity index (χ0n) is 14.8.